The fraction of sp³-hybridized carbons (Fsp3) is 0.636. The minimum absolute atomic E-state index is 0.0179. The molecule has 4 nitrogen and oxygen atoms in total. The van der Waals surface area contributed by atoms with Gasteiger partial charge in [0.1, 0.15) is 13.0 Å². The summed E-state index contributed by atoms with van der Waals surface area (Å²) in [5.74, 6) is -0.732. The maximum atomic E-state index is 11.1. The molecule has 0 unspecified atom stereocenters. The maximum absolute atomic E-state index is 11.1. The summed E-state index contributed by atoms with van der Waals surface area (Å²) >= 11 is 0. The average molecular weight is 214 g/mol. The Morgan fingerprint density at radius 3 is 2.73 bits per heavy atom. The summed E-state index contributed by atoms with van der Waals surface area (Å²) in [7, 11) is 0. The first-order valence-electron chi connectivity index (χ1n) is 5.06. The molecule has 0 aromatic carbocycles. The van der Waals surface area contributed by atoms with Gasteiger partial charge in [-0.05, 0) is 19.8 Å². The van der Waals surface area contributed by atoms with Gasteiger partial charge < -0.3 is 9.47 Å². The molecule has 0 aromatic heterocycles. The van der Waals surface area contributed by atoms with Crippen LogP contribution >= 0.6 is 0 Å². The van der Waals surface area contributed by atoms with Crippen LogP contribution in [0.25, 0.3) is 0 Å². The van der Waals surface area contributed by atoms with E-state index in [2.05, 4.69) is 11.3 Å². The van der Waals surface area contributed by atoms with Crippen LogP contribution in [0, 0.1) is 0 Å². The zero-order valence-electron chi connectivity index (χ0n) is 9.16. The zero-order chi connectivity index (χ0) is 11.5. The minimum atomic E-state index is -0.489. The minimum Gasteiger partial charge on any atom is -0.466 e. The Morgan fingerprint density at radius 1 is 1.40 bits per heavy atom. The fourth-order valence-electron chi connectivity index (χ4n) is 0.940. The second-order valence-electron chi connectivity index (χ2n) is 3.00. The van der Waals surface area contributed by atoms with Crippen LogP contribution in [0.4, 0.5) is 0 Å². The van der Waals surface area contributed by atoms with Gasteiger partial charge in [-0.1, -0.05) is 6.08 Å². The van der Waals surface area contributed by atoms with Crippen LogP contribution in [0.5, 0.6) is 0 Å². The van der Waals surface area contributed by atoms with E-state index >= 15 is 0 Å². The highest BCUT2D eigenvalue weighted by Crippen LogP contribution is 1.93. The predicted molar refractivity (Wildman–Crippen MR) is 56.5 cm³/mol. The number of rotatable bonds is 9. The quantitative estimate of drug-likeness (QED) is 0.252. The molecule has 0 fully saturated rings. The molecule has 0 heterocycles. The smallest absolute Gasteiger partial charge is 0.313 e. The summed E-state index contributed by atoms with van der Waals surface area (Å²) in [5, 5.41) is 0. The van der Waals surface area contributed by atoms with Gasteiger partial charge in [-0.15, -0.1) is 6.58 Å². The highest BCUT2D eigenvalue weighted by molar-refractivity contribution is 5.96. The van der Waals surface area contributed by atoms with Gasteiger partial charge in [-0.3, -0.25) is 9.59 Å². The molecule has 0 radical (unpaired) electrons. The number of esters is 1. The molecular weight excluding hydrogens is 196 g/mol. The van der Waals surface area contributed by atoms with Gasteiger partial charge in [-0.2, -0.15) is 0 Å². The van der Waals surface area contributed by atoms with E-state index in [1.807, 2.05) is 0 Å². The molecule has 0 aliphatic heterocycles. The van der Waals surface area contributed by atoms with Crippen LogP contribution in [-0.2, 0) is 19.1 Å². The number of hydrogen-bond acceptors (Lipinski definition) is 4. The summed E-state index contributed by atoms with van der Waals surface area (Å²) < 4.78 is 9.70. The standard InChI is InChI=1S/C11H18O4/c1-3-5-6-7-14-9-10(12)8-11(13)15-4-2/h3H,1,4-9H2,2H3. The third kappa shape index (κ3) is 9.15. The van der Waals surface area contributed by atoms with Gasteiger partial charge in [-0.25, -0.2) is 0 Å². The number of carbonyl (C=O) groups is 2. The lowest BCUT2D eigenvalue weighted by molar-refractivity contribution is -0.146. The fourth-order valence-corrected chi connectivity index (χ4v) is 0.940. The van der Waals surface area contributed by atoms with Gasteiger partial charge in [0.15, 0.2) is 5.78 Å². The molecule has 0 aromatic rings. The molecule has 4 heteroatoms. The van der Waals surface area contributed by atoms with Crippen LogP contribution in [0.15, 0.2) is 12.7 Å². The van der Waals surface area contributed by atoms with E-state index in [0.29, 0.717) is 13.2 Å². The van der Waals surface area contributed by atoms with Crippen LogP contribution in [-0.4, -0.2) is 31.6 Å². The molecule has 0 aliphatic carbocycles. The number of hydrogen-bond donors (Lipinski definition) is 0. The Balaban J connectivity index is 3.40. The molecule has 86 valence electrons. The lowest BCUT2D eigenvalue weighted by Crippen LogP contribution is -2.16. The van der Waals surface area contributed by atoms with Gasteiger partial charge in [0.25, 0.3) is 0 Å². The molecule has 0 spiro atoms. The average Bonchev–Trinajstić information content (AvgIpc) is 2.17. The van der Waals surface area contributed by atoms with Crippen LogP contribution in [0.1, 0.15) is 26.2 Å². The summed E-state index contributed by atoms with van der Waals surface area (Å²) in [6.45, 7) is 6.07. The van der Waals surface area contributed by atoms with E-state index in [1.54, 1.807) is 13.0 Å². The van der Waals surface area contributed by atoms with Crippen LogP contribution in [0.2, 0.25) is 0 Å². The highest BCUT2D eigenvalue weighted by atomic mass is 16.5. The Morgan fingerprint density at radius 2 is 2.13 bits per heavy atom. The number of ketones is 1. The lowest BCUT2D eigenvalue weighted by atomic mass is 10.3. The van der Waals surface area contributed by atoms with E-state index in [1.165, 1.54) is 0 Å². The third-order valence-electron chi connectivity index (χ3n) is 1.61. The van der Waals surface area contributed by atoms with E-state index in [-0.39, 0.29) is 18.8 Å². The number of carbonyl (C=O) groups excluding carboxylic acids is 2. The second kappa shape index (κ2) is 9.40. The van der Waals surface area contributed by atoms with Gasteiger partial charge >= 0.3 is 5.97 Å². The molecule has 0 saturated heterocycles. The molecule has 0 bridgehead atoms. The van der Waals surface area contributed by atoms with E-state index in [9.17, 15) is 9.59 Å². The number of allylic oxidation sites excluding steroid dienone is 1. The summed E-state index contributed by atoms with van der Waals surface area (Å²) in [4.78, 5) is 22.0. The summed E-state index contributed by atoms with van der Waals surface area (Å²) in [6.07, 6.45) is 3.31. The van der Waals surface area contributed by atoms with E-state index < -0.39 is 5.97 Å². The van der Waals surface area contributed by atoms with Crippen molar-refractivity contribution in [3.63, 3.8) is 0 Å². The van der Waals surface area contributed by atoms with Crippen molar-refractivity contribution in [2.24, 2.45) is 0 Å². The van der Waals surface area contributed by atoms with Crippen LogP contribution < -0.4 is 0 Å². The van der Waals surface area contributed by atoms with Crippen molar-refractivity contribution in [3.05, 3.63) is 12.7 Å². The Labute approximate surface area is 90.2 Å². The second-order valence-corrected chi connectivity index (χ2v) is 3.00. The third-order valence-corrected chi connectivity index (χ3v) is 1.61. The van der Waals surface area contributed by atoms with E-state index in [0.717, 1.165) is 12.8 Å². The topological polar surface area (TPSA) is 52.6 Å². The monoisotopic (exact) mass is 214 g/mol. The first-order valence-corrected chi connectivity index (χ1v) is 5.06. The SMILES string of the molecule is C=CCCCOCC(=O)CC(=O)OCC. The molecule has 0 saturated carbocycles. The Kier molecular flexibility index (Phi) is 8.67. The maximum Gasteiger partial charge on any atom is 0.313 e. The lowest BCUT2D eigenvalue weighted by Gasteiger charge is -2.02. The summed E-state index contributed by atoms with van der Waals surface area (Å²) in [6, 6.07) is 0. The zero-order valence-corrected chi connectivity index (χ0v) is 9.16. The first-order chi connectivity index (χ1) is 7.20. The van der Waals surface area contributed by atoms with Crippen molar-refractivity contribution in [3.8, 4) is 0 Å². The molecular formula is C11H18O4. The largest absolute Gasteiger partial charge is 0.466 e. The van der Waals surface area contributed by atoms with Gasteiger partial charge in [0.2, 0.25) is 0 Å². The Hall–Kier alpha value is -1.16. The van der Waals surface area contributed by atoms with Crippen molar-refractivity contribution < 1.29 is 19.1 Å². The number of ether oxygens (including phenoxy) is 2. The van der Waals surface area contributed by atoms with E-state index in [4.69, 9.17) is 4.74 Å². The van der Waals surface area contributed by atoms with Gasteiger partial charge in [0, 0.05) is 6.61 Å². The van der Waals surface area contributed by atoms with Crippen molar-refractivity contribution in [1.29, 1.82) is 0 Å². The summed E-state index contributed by atoms with van der Waals surface area (Å²) in [5.41, 5.74) is 0. The predicted octanol–water partition coefficient (Wildman–Crippen LogP) is 1.49. The highest BCUT2D eigenvalue weighted by Gasteiger charge is 2.09. The van der Waals surface area contributed by atoms with Crippen LogP contribution in [0.3, 0.4) is 0 Å². The molecule has 0 aliphatic rings. The molecule has 0 rings (SSSR count). The molecule has 0 atom stereocenters. The number of unbranched alkanes of at least 4 members (excludes halogenated alkanes) is 1. The van der Waals surface area contributed by atoms with Gasteiger partial charge in [0.05, 0.1) is 6.61 Å². The normalized spacial score (nSPS) is 9.67. The molecule has 0 amide bonds. The van der Waals surface area contributed by atoms with Crippen molar-refractivity contribution in [2.75, 3.05) is 19.8 Å². The Bertz CT molecular complexity index is 211. The number of Topliss-reactive ketones (excluding diaryl/α,β-unsaturated/α-hetero) is 1. The van der Waals surface area contributed by atoms with Crippen molar-refractivity contribution in [2.45, 2.75) is 26.2 Å². The van der Waals surface area contributed by atoms with Crippen molar-refractivity contribution >= 4 is 11.8 Å². The molecule has 15 heavy (non-hydrogen) atoms. The molecule has 0 N–H and O–H groups in total. The van der Waals surface area contributed by atoms with Crippen molar-refractivity contribution in [1.82, 2.24) is 0 Å². The first kappa shape index (κ1) is 13.8.